The molecule has 92 valence electrons. The fourth-order valence-corrected chi connectivity index (χ4v) is 2.18. The van der Waals surface area contributed by atoms with E-state index in [1.807, 2.05) is 0 Å². The second-order valence-corrected chi connectivity index (χ2v) is 4.72. The van der Waals surface area contributed by atoms with Gasteiger partial charge in [0.1, 0.15) is 11.5 Å². The molecular weight excluding hydrogens is 216 g/mol. The highest BCUT2D eigenvalue weighted by Gasteiger charge is 2.35. The maximum absolute atomic E-state index is 11.8. The molecular formula is C12H18N4O. The molecule has 1 aliphatic rings. The van der Waals surface area contributed by atoms with Crippen LogP contribution < -0.4 is 11.1 Å². The van der Waals surface area contributed by atoms with Crippen molar-refractivity contribution in [3.05, 3.63) is 18.1 Å². The Morgan fingerprint density at radius 2 is 2.29 bits per heavy atom. The molecule has 5 nitrogen and oxygen atoms in total. The third-order valence-corrected chi connectivity index (χ3v) is 3.67. The van der Waals surface area contributed by atoms with E-state index in [4.69, 9.17) is 5.73 Å². The number of amides is 1. The van der Waals surface area contributed by atoms with Crippen molar-refractivity contribution >= 4 is 11.7 Å². The first-order valence-electron chi connectivity index (χ1n) is 6.01. The monoisotopic (exact) mass is 234 g/mol. The standard InChI is InChI=1S/C12H18N4O/c1-2-12(4-3-5-12)8-15-11(17)9-6-14-7-10(13)16-9/h6-7H,2-5,8H2,1H3,(H2,13,16)(H,15,17). The number of rotatable bonds is 4. The first-order valence-corrected chi connectivity index (χ1v) is 6.01. The lowest BCUT2D eigenvalue weighted by Gasteiger charge is -2.41. The zero-order valence-corrected chi connectivity index (χ0v) is 10.1. The van der Waals surface area contributed by atoms with Crippen LogP contribution in [0.2, 0.25) is 0 Å². The van der Waals surface area contributed by atoms with Crippen LogP contribution in [0.4, 0.5) is 5.82 Å². The molecule has 1 aromatic heterocycles. The number of carbonyl (C=O) groups is 1. The summed E-state index contributed by atoms with van der Waals surface area (Å²) in [6.07, 6.45) is 7.64. The molecule has 3 N–H and O–H groups in total. The van der Waals surface area contributed by atoms with E-state index in [1.165, 1.54) is 31.7 Å². The quantitative estimate of drug-likeness (QED) is 0.824. The lowest BCUT2D eigenvalue weighted by Crippen LogP contribution is -2.41. The van der Waals surface area contributed by atoms with Gasteiger partial charge in [-0.2, -0.15) is 0 Å². The molecule has 0 saturated heterocycles. The van der Waals surface area contributed by atoms with Crippen molar-refractivity contribution in [1.82, 2.24) is 15.3 Å². The van der Waals surface area contributed by atoms with Crippen molar-refractivity contribution in [2.75, 3.05) is 12.3 Å². The second kappa shape index (κ2) is 4.69. The van der Waals surface area contributed by atoms with Gasteiger partial charge in [-0.15, -0.1) is 0 Å². The third kappa shape index (κ3) is 2.54. The first kappa shape index (κ1) is 11.8. The van der Waals surface area contributed by atoms with E-state index in [0.29, 0.717) is 5.41 Å². The Hall–Kier alpha value is -1.65. The van der Waals surface area contributed by atoms with Crippen molar-refractivity contribution in [3.8, 4) is 0 Å². The first-order chi connectivity index (χ1) is 8.15. The predicted octanol–water partition coefficient (Wildman–Crippen LogP) is 1.37. The lowest BCUT2D eigenvalue weighted by molar-refractivity contribution is 0.0845. The minimum atomic E-state index is -0.190. The summed E-state index contributed by atoms with van der Waals surface area (Å²) in [6.45, 7) is 2.89. The molecule has 2 rings (SSSR count). The van der Waals surface area contributed by atoms with Crippen LogP contribution in [-0.4, -0.2) is 22.4 Å². The number of hydrogen-bond acceptors (Lipinski definition) is 4. The van der Waals surface area contributed by atoms with Gasteiger partial charge in [0.15, 0.2) is 0 Å². The molecule has 0 aromatic carbocycles. The second-order valence-electron chi connectivity index (χ2n) is 4.72. The van der Waals surface area contributed by atoms with Crippen LogP contribution in [0.1, 0.15) is 43.1 Å². The van der Waals surface area contributed by atoms with Gasteiger partial charge >= 0.3 is 0 Å². The maximum Gasteiger partial charge on any atom is 0.271 e. The molecule has 0 radical (unpaired) electrons. The molecule has 0 bridgehead atoms. The number of nitrogens with two attached hydrogens (primary N) is 1. The molecule has 1 saturated carbocycles. The molecule has 0 unspecified atom stereocenters. The van der Waals surface area contributed by atoms with Crippen LogP contribution in [0.3, 0.4) is 0 Å². The van der Waals surface area contributed by atoms with Crippen molar-refractivity contribution in [2.45, 2.75) is 32.6 Å². The smallest absolute Gasteiger partial charge is 0.271 e. The fourth-order valence-electron chi connectivity index (χ4n) is 2.18. The lowest BCUT2D eigenvalue weighted by atomic mass is 9.67. The van der Waals surface area contributed by atoms with E-state index in [-0.39, 0.29) is 17.4 Å². The molecule has 17 heavy (non-hydrogen) atoms. The van der Waals surface area contributed by atoms with E-state index in [0.717, 1.165) is 13.0 Å². The topological polar surface area (TPSA) is 80.9 Å². The predicted molar refractivity (Wildman–Crippen MR) is 65.4 cm³/mol. The number of anilines is 1. The summed E-state index contributed by atoms with van der Waals surface area (Å²) in [7, 11) is 0. The van der Waals surface area contributed by atoms with Crippen LogP contribution in [-0.2, 0) is 0 Å². The van der Waals surface area contributed by atoms with Crippen LogP contribution in [0.5, 0.6) is 0 Å². The number of nitrogens with one attached hydrogen (secondary N) is 1. The maximum atomic E-state index is 11.8. The Morgan fingerprint density at radius 3 is 2.82 bits per heavy atom. The number of hydrogen-bond donors (Lipinski definition) is 2. The van der Waals surface area contributed by atoms with Gasteiger partial charge in [-0.05, 0) is 24.7 Å². The normalized spacial score (nSPS) is 17.2. The zero-order valence-electron chi connectivity index (χ0n) is 10.1. The number of nitrogen functional groups attached to an aromatic ring is 1. The SMILES string of the molecule is CCC1(CNC(=O)c2cncc(N)n2)CCC1. The van der Waals surface area contributed by atoms with E-state index >= 15 is 0 Å². The summed E-state index contributed by atoms with van der Waals surface area (Å²) in [4.78, 5) is 19.6. The molecule has 1 aromatic rings. The highest BCUT2D eigenvalue weighted by molar-refractivity contribution is 5.92. The van der Waals surface area contributed by atoms with E-state index < -0.39 is 0 Å². The summed E-state index contributed by atoms with van der Waals surface area (Å²) in [5.74, 6) is 0.0797. The Balaban J connectivity index is 1.93. The molecule has 0 aliphatic heterocycles. The molecule has 1 aliphatic carbocycles. The minimum Gasteiger partial charge on any atom is -0.382 e. The molecule has 1 amide bonds. The third-order valence-electron chi connectivity index (χ3n) is 3.67. The van der Waals surface area contributed by atoms with Crippen molar-refractivity contribution in [3.63, 3.8) is 0 Å². The fraction of sp³-hybridized carbons (Fsp3) is 0.583. The molecule has 0 spiro atoms. The highest BCUT2D eigenvalue weighted by Crippen LogP contribution is 2.43. The van der Waals surface area contributed by atoms with E-state index in [1.54, 1.807) is 0 Å². The molecule has 0 atom stereocenters. The van der Waals surface area contributed by atoms with Crippen LogP contribution in [0, 0.1) is 5.41 Å². The highest BCUT2D eigenvalue weighted by atomic mass is 16.1. The zero-order chi connectivity index (χ0) is 12.3. The Kier molecular flexibility index (Phi) is 3.26. The Bertz CT molecular complexity index is 409. The minimum absolute atomic E-state index is 0.190. The Morgan fingerprint density at radius 1 is 1.53 bits per heavy atom. The molecule has 1 heterocycles. The van der Waals surface area contributed by atoms with Crippen molar-refractivity contribution in [1.29, 1.82) is 0 Å². The molecule has 5 heteroatoms. The average Bonchev–Trinajstić information content (AvgIpc) is 2.28. The van der Waals surface area contributed by atoms with Gasteiger partial charge in [-0.1, -0.05) is 13.3 Å². The van der Waals surface area contributed by atoms with Crippen molar-refractivity contribution < 1.29 is 4.79 Å². The Labute approximate surface area is 101 Å². The van der Waals surface area contributed by atoms with E-state index in [2.05, 4.69) is 22.2 Å². The van der Waals surface area contributed by atoms with Crippen LogP contribution >= 0.6 is 0 Å². The van der Waals surface area contributed by atoms with Crippen LogP contribution in [0.15, 0.2) is 12.4 Å². The largest absolute Gasteiger partial charge is 0.382 e. The van der Waals surface area contributed by atoms with Gasteiger partial charge < -0.3 is 11.1 Å². The van der Waals surface area contributed by atoms with Crippen molar-refractivity contribution in [2.24, 2.45) is 5.41 Å². The number of aromatic nitrogens is 2. The summed E-state index contributed by atoms with van der Waals surface area (Å²) < 4.78 is 0. The average molecular weight is 234 g/mol. The van der Waals surface area contributed by atoms with Gasteiger partial charge in [-0.3, -0.25) is 9.78 Å². The van der Waals surface area contributed by atoms with E-state index in [9.17, 15) is 4.79 Å². The number of carbonyl (C=O) groups excluding carboxylic acids is 1. The summed E-state index contributed by atoms with van der Waals surface area (Å²) in [6, 6.07) is 0. The van der Waals surface area contributed by atoms with Gasteiger partial charge in [0.05, 0.1) is 12.4 Å². The summed E-state index contributed by atoms with van der Waals surface area (Å²) >= 11 is 0. The van der Waals surface area contributed by atoms with Gasteiger partial charge in [-0.25, -0.2) is 4.98 Å². The summed E-state index contributed by atoms with van der Waals surface area (Å²) in [5.41, 5.74) is 6.08. The summed E-state index contributed by atoms with van der Waals surface area (Å²) in [5, 5.41) is 2.92. The molecule has 1 fully saturated rings. The van der Waals surface area contributed by atoms with Gasteiger partial charge in [0.2, 0.25) is 0 Å². The van der Waals surface area contributed by atoms with Gasteiger partial charge in [0, 0.05) is 6.54 Å². The van der Waals surface area contributed by atoms with Crippen LogP contribution in [0.25, 0.3) is 0 Å². The van der Waals surface area contributed by atoms with Gasteiger partial charge in [0.25, 0.3) is 5.91 Å². The number of nitrogens with zero attached hydrogens (tertiary/aromatic N) is 2.